The Morgan fingerprint density at radius 2 is 1.84 bits per heavy atom. The van der Waals surface area contributed by atoms with Crippen LogP contribution in [0.3, 0.4) is 0 Å². The van der Waals surface area contributed by atoms with E-state index in [9.17, 15) is 22.4 Å². The smallest absolute Gasteiger partial charge is 0.261 e. The normalized spacial score (nSPS) is 13.6. The molecule has 1 aliphatic rings. The Bertz CT molecular complexity index is 1700. The molecular formula is C27H24FN3O6S. The molecule has 1 atom stereocenters. The Labute approximate surface area is 217 Å². The van der Waals surface area contributed by atoms with E-state index < -0.39 is 34.1 Å². The van der Waals surface area contributed by atoms with E-state index in [2.05, 4.69) is 15.0 Å². The lowest BCUT2D eigenvalue weighted by Crippen LogP contribution is -2.31. The second-order valence-corrected chi connectivity index (χ2v) is 10.5. The molecule has 9 nitrogen and oxygen atoms in total. The Morgan fingerprint density at radius 3 is 2.63 bits per heavy atom. The zero-order chi connectivity index (χ0) is 26.9. The van der Waals surface area contributed by atoms with Crippen LogP contribution in [0.1, 0.15) is 34.5 Å². The number of rotatable bonds is 7. The Kier molecular flexibility index (Phi) is 6.77. The molecule has 1 aliphatic heterocycles. The van der Waals surface area contributed by atoms with Gasteiger partial charge in [0.2, 0.25) is 5.43 Å². The highest BCUT2D eigenvalue weighted by Gasteiger charge is 2.21. The van der Waals surface area contributed by atoms with Crippen LogP contribution in [0, 0.1) is 0 Å². The van der Waals surface area contributed by atoms with Gasteiger partial charge in [0.1, 0.15) is 25.5 Å². The highest BCUT2D eigenvalue weighted by Crippen LogP contribution is 2.32. The van der Waals surface area contributed by atoms with Gasteiger partial charge in [-0.1, -0.05) is 18.2 Å². The summed E-state index contributed by atoms with van der Waals surface area (Å²) in [5.74, 6) is 0.585. The van der Waals surface area contributed by atoms with Crippen molar-refractivity contribution in [2.75, 3.05) is 17.9 Å². The van der Waals surface area contributed by atoms with Crippen LogP contribution < -0.4 is 24.9 Å². The summed E-state index contributed by atoms with van der Waals surface area (Å²) in [6.45, 7) is 1.93. The number of sulfonamides is 1. The van der Waals surface area contributed by atoms with E-state index in [1.807, 2.05) is 0 Å². The number of H-pyrrole nitrogens is 1. The molecule has 2 heterocycles. The third-order valence-corrected chi connectivity index (χ3v) is 7.53. The number of pyridine rings is 1. The minimum atomic E-state index is -4.09. The number of aromatic nitrogens is 1. The van der Waals surface area contributed by atoms with Crippen LogP contribution in [0.5, 0.6) is 11.5 Å². The molecular weight excluding hydrogens is 513 g/mol. The van der Waals surface area contributed by atoms with E-state index in [0.717, 1.165) is 5.56 Å². The zero-order valence-electron chi connectivity index (χ0n) is 20.3. The molecule has 4 aromatic rings. The molecule has 196 valence electrons. The predicted octanol–water partition coefficient (Wildman–Crippen LogP) is 4.06. The van der Waals surface area contributed by atoms with Gasteiger partial charge in [-0.25, -0.2) is 12.8 Å². The maximum absolute atomic E-state index is 13.2. The molecule has 0 saturated carbocycles. The van der Waals surface area contributed by atoms with Crippen molar-refractivity contribution >= 4 is 32.5 Å². The van der Waals surface area contributed by atoms with Crippen molar-refractivity contribution in [2.24, 2.45) is 0 Å². The Balaban J connectivity index is 1.40. The maximum atomic E-state index is 13.2. The minimum Gasteiger partial charge on any atom is -0.486 e. The first-order valence-electron chi connectivity index (χ1n) is 11.8. The largest absolute Gasteiger partial charge is 0.486 e. The van der Waals surface area contributed by atoms with Gasteiger partial charge in [-0.3, -0.25) is 14.3 Å². The fourth-order valence-electron chi connectivity index (χ4n) is 4.15. The fourth-order valence-corrected chi connectivity index (χ4v) is 5.23. The zero-order valence-corrected chi connectivity index (χ0v) is 21.1. The second-order valence-electron chi connectivity index (χ2n) is 8.78. The number of benzene rings is 3. The number of aromatic amines is 1. The van der Waals surface area contributed by atoms with Gasteiger partial charge in [-0.15, -0.1) is 0 Å². The molecule has 0 spiro atoms. The number of alkyl halides is 1. The molecule has 11 heteroatoms. The van der Waals surface area contributed by atoms with E-state index in [1.54, 1.807) is 25.1 Å². The lowest BCUT2D eigenvalue weighted by molar-refractivity contribution is 0.0938. The van der Waals surface area contributed by atoms with Crippen LogP contribution in [-0.2, 0) is 16.7 Å². The standard InChI is InChI=1S/C27H24FN3O6S/c1-16(18-5-8-24-25(12-18)37-10-9-36-24)30-27(33)22-15-29-23-7-6-20(13-21(23)26(22)32)38(34,35)31-19-4-2-3-17(11-19)14-28/h2-8,11-13,15-16,31H,9-10,14H2,1H3,(H,29,32)(H,30,33). The van der Waals surface area contributed by atoms with Crippen LogP contribution in [0.25, 0.3) is 10.9 Å². The van der Waals surface area contributed by atoms with Gasteiger partial charge in [0, 0.05) is 22.8 Å². The summed E-state index contributed by atoms with van der Waals surface area (Å²) in [6.07, 6.45) is 1.30. The summed E-state index contributed by atoms with van der Waals surface area (Å²) >= 11 is 0. The van der Waals surface area contributed by atoms with Crippen molar-refractivity contribution in [1.29, 1.82) is 0 Å². The molecule has 1 aromatic heterocycles. The van der Waals surface area contributed by atoms with Gasteiger partial charge in [0.25, 0.3) is 15.9 Å². The molecule has 3 aromatic carbocycles. The fraction of sp³-hybridized carbons (Fsp3) is 0.185. The molecule has 1 amide bonds. The van der Waals surface area contributed by atoms with E-state index >= 15 is 0 Å². The monoisotopic (exact) mass is 537 g/mol. The predicted molar refractivity (Wildman–Crippen MR) is 140 cm³/mol. The summed E-state index contributed by atoms with van der Waals surface area (Å²) in [7, 11) is -4.09. The van der Waals surface area contributed by atoms with Crippen molar-refractivity contribution in [1.82, 2.24) is 10.3 Å². The van der Waals surface area contributed by atoms with E-state index in [0.29, 0.717) is 35.8 Å². The Hall–Kier alpha value is -4.38. The molecule has 5 rings (SSSR count). The highest BCUT2D eigenvalue weighted by atomic mass is 32.2. The van der Waals surface area contributed by atoms with Crippen LogP contribution in [0.2, 0.25) is 0 Å². The first kappa shape index (κ1) is 25.3. The lowest BCUT2D eigenvalue weighted by Gasteiger charge is -2.21. The van der Waals surface area contributed by atoms with Gasteiger partial charge in [-0.05, 0) is 60.5 Å². The molecule has 0 bridgehead atoms. The van der Waals surface area contributed by atoms with E-state index in [4.69, 9.17) is 9.47 Å². The molecule has 0 radical (unpaired) electrons. The van der Waals surface area contributed by atoms with Crippen molar-refractivity contribution < 1.29 is 27.1 Å². The number of nitrogens with one attached hydrogen (secondary N) is 3. The SMILES string of the molecule is CC(NC(=O)c1c[nH]c2ccc(S(=O)(=O)Nc3cccc(CF)c3)cc2c1=O)c1ccc2c(c1)OCCO2. The summed E-state index contributed by atoms with van der Waals surface area (Å²) < 4.78 is 52.4. The second kappa shape index (κ2) is 10.2. The average molecular weight is 538 g/mol. The molecule has 3 N–H and O–H groups in total. The summed E-state index contributed by atoms with van der Waals surface area (Å²) in [5, 5.41) is 2.83. The number of halogens is 1. The van der Waals surface area contributed by atoms with Crippen LogP contribution >= 0.6 is 0 Å². The van der Waals surface area contributed by atoms with Crippen LogP contribution in [0.4, 0.5) is 10.1 Å². The van der Waals surface area contributed by atoms with E-state index in [-0.39, 0.29) is 21.5 Å². The van der Waals surface area contributed by atoms with Crippen LogP contribution in [0.15, 0.2) is 76.6 Å². The topological polar surface area (TPSA) is 127 Å². The summed E-state index contributed by atoms with van der Waals surface area (Å²) in [6, 6.07) is 14.8. The number of amides is 1. The molecule has 0 aliphatic carbocycles. The number of hydrogen-bond acceptors (Lipinski definition) is 6. The highest BCUT2D eigenvalue weighted by molar-refractivity contribution is 7.92. The summed E-state index contributed by atoms with van der Waals surface area (Å²) in [4.78, 5) is 28.9. The maximum Gasteiger partial charge on any atom is 0.261 e. The number of carbonyl (C=O) groups is 1. The molecule has 38 heavy (non-hydrogen) atoms. The van der Waals surface area contributed by atoms with Gasteiger partial charge >= 0.3 is 0 Å². The first-order chi connectivity index (χ1) is 18.2. The summed E-state index contributed by atoms with van der Waals surface area (Å²) in [5.41, 5.74) is 0.847. The third-order valence-electron chi connectivity index (χ3n) is 6.15. The Morgan fingerprint density at radius 1 is 1.05 bits per heavy atom. The molecule has 1 unspecified atom stereocenters. The third kappa shape index (κ3) is 5.05. The quantitative estimate of drug-likeness (QED) is 0.326. The van der Waals surface area contributed by atoms with Crippen molar-refractivity contribution in [3.8, 4) is 11.5 Å². The van der Waals surface area contributed by atoms with Gasteiger partial charge < -0.3 is 19.8 Å². The lowest BCUT2D eigenvalue weighted by atomic mass is 10.1. The van der Waals surface area contributed by atoms with Gasteiger partial charge in [0.15, 0.2) is 11.5 Å². The average Bonchev–Trinajstić information content (AvgIpc) is 2.92. The van der Waals surface area contributed by atoms with Crippen molar-refractivity contribution in [3.63, 3.8) is 0 Å². The number of anilines is 1. The number of carbonyl (C=O) groups excluding carboxylic acids is 1. The minimum absolute atomic E-state index is 0.0324. The number of ether oxygens (including phenoxy) is 2. The van der Waals surface area contributed by atoms with Gasteiger partial charge in [0.05, 0.1) is 10.9 Å². The van der Waals surface area contributed by atoms with Crippen LogP contribution in [-0.4, -0.2) is 32.5 Å². The van der Waals surface area contributed by atoms with Crippen molar-refractivity contribution in [2.45, 2.75) is 24.5 Å². The molecule has 0 saturated heterocycles. The van der Waals surface area contributed by atoms with E-state index in [1.165, 1.54) is 48.7 Å². The number of fused-ring (bicyclic) bond motifs is 2. The first-order valence-corrected chi connectivity index (χ1v) is 13.3. The number of hydrogen-bond donors (Lipinski definition) is 3. The molecule has 0 fully saturated rings. The van der Waals surface area contributed by atoms with Crippen molar-refractivity contribution in [3.05, 3.63) is 93.8 Å². The van der Waals surface area contributed by atoms with Gasteiger partial charge in [-0.2, -0.15) is 0 Å².